The van der Waals surface area contributed by atoms with Gasteiger partial charge in [-0.3, -0.25) is 0 Å². The van der Waals surface area contributed by atoms with E-state index in [4.69, 9.17) is 0 Å². The fraction of sp³-hybridized carbons (Fsp3) is 0.500. The molecule has 0 radical (unpaired) electrons. The molecule has 98 valence electrons. The van der Waals surface area contributed by atoms with Crippen molar-refractivity contribution < 1.29 is 0 Å². The summed E-state index contributed by atoms with van der Waals surface area (Å²) in [5.74, 6) is 6.12. The molecule has 1 unspecified atom stereocenters. The second-order valence-corrected chi connectivity index (χ2v) is 5.34. The Labute approximate surface area is 119 Å². The van der Waals surface area contributed by atoms with Gasteiger partial charge in [-0.1, -0.05) is 35.0 Å². The highest BCUT2D eigenvalue weighted by Crippen LogP contribution is 2.24. The molecule has 0 saturated carbocycles. The number of hydrogen-bond acceptors (Lipinski definition) is 1. The molecule has 1 atom stereocenters. The molecule has 2 heteroatoms. The van der Waals surface area contributed by atoms with Crippen LogP contribution in [0.2, 0.25) is 0 Å². The summed E-state index contributed by atoms with van der Waals surface area (Å²) in [7, 11) is 0. The summed E-state index contributed by atoms with van der Waals surface area (Å²) in [5, 5.41) is 3.61. The van der Waals surface area contributed by atoms with Gasteiger partial charge >= 0.3 is 0 Å². The van der Waals surface area contributed by atoms with Crippen molar-refractivity contribution in [3.05, 3.63) is 33.8 Å². The Morgan fingerprint density at radius 2 is 2.17 bits per heavy atom. The van der Waals surface area contributed by atoms with Gasteiger partial charge in [0.2, 0.25) is 0 Å². The van der Waals surface area contributed by atoms with E-state index >= 15 is 0 Å². The van der Waals surface area contributed by atoms with E-state index in [1.165, 1.54) is 15.6 Å². The number of benzene rings is 1. The fourth-order valence-electron chi connectivity index (χ4n) is 1.93. The maximum absolute atomic E-state index is 3.61. The molecule has 0 aliphatic carbocycles. The summed E-state index contributed by atoms with van der Waals surface area (Å²) in [6.45, 7) is 7.29. The first-order valence-corrected chi connectivity index (χ1v) is 7.37. The van der Waals surface area contributed by atoms with Crippen LogP contribution in [-0.4, -0.2) is 6.54 Å². The molecular weight excluding hydrogens is 286 g/mol. The van der Waals surface area contributed by atoms with Crippen LogP contribution < -0.4 is 5.32 Å². The zero-order valence-electron chi connectivity index (χ0n) is 11.5. The molecule has 1 aromatic carbocycles. The van der Waals surface area contributed by atoms with E-state index < -0.39 is 0 Å². The number of nitrogens with one attached hydrogen (secondary N) is 1. The van der Waals surface area contributed by atoms with Crippen molar-refractivity contribution in [1.29, 1.82) is 0 Å². The average Bonchev–Trinajstić information content (AvgIpc) is 2.37. The molecule has 1 aromatic rings. The van der Waals surface area contributed by atoms with Crippen LogP contribution in [0.3, 0.4) is 0 Å². The highest BCUT2D eigenvalue weighted by atomic mass is 79.9. The maximum atomic E-state index is 3.61. The summed E-state index contributed by atoms with van der Waals surface area (Å²) >= 11 is 3.55. The molecule has 0 fully saturated rings. The first kappa shape index (κ1) is 15.3. The Kier molecular flexibility index (Phi) is 7.08. The van der Waals surface area contributed by atoms with Gasteiger partial charge in [-0.2, -0.15) is 0 Å². The first-order valence-electron chi connectivity index (χ1n) is 6.58. The number of hydrogen-bond donors (Lipinski definition) is 1. The average molecular weight is 308 g/mol. The lowest BCUT2D eigenvalue weighted by molar-refractivity contribution is 0.505. The molecule has 18 heavy (non-hydrogen) atoms. The maximum Gasteiger partial charge on any atom is 0.0329 e. The lowest BCUT2D eigenvalue weighted by atomic mass is 10.00. The Morgan fingerprint density at radius 1 is 1.39 bits per heavy atom. The lowest BCUT2D eigenvalue weighted by Gasteiger charge is -2.19. The molecule has 0 spiro atoms. The smallest absolute Gasteiger partial charge is 0.0329 e. The van der Waals surface area contributed by atoms with Crippen LogP contribution in [0.15, 0.2) is 22.7 Å². The Hall–Kier alpha value is -0.780. The predicted octanol–water partition coefficient (Wildman–Crippen LogP) is 4.60. The minimum absolute atomic E-state index is 0.414. The third-order valence-electron chi connectivity index (χ3n) is 2.96. The van der Waals surface area contributed by atoms with E-state index in [0.29, 0.717) is 6.04 Å². The van der Waals surface area contributed by atoms with Crippen molar-refractivity contribution in [3.63, 3.8) is 0 Å². The van der Waals surface area contributed by atoms with Gasteiger partial charge in [-0.05, 0) is 50.4 Å². The van der Waals surface area contributed by atoms with E-state index in [2.05, 4.69) is 65.1 Å². The minimum atomic E-state index is 0.414. The van der Waals surface area contributed by atoms with E-state index in [1.807, 2.05) is 6.92 Å². The van der Waals surface area contributed by atoms with Gasteiger partial charge in [0.15, 0.2) is 0 Å². The van der Waals surface area contributed by atoms with Gasteiger partial charge in [0, 0.05) is 16.9 Å². The molecule has 0 saturated heterocycles. The van der Waals surface area contributed by atoms with Crippen LogP contribution in [0.5, 0.6) is 0 Å². The minimum Gasteiger partial charge on any atom is -0.310 e. The molecule has 0 amide bonds. The van der Waals surface area contributed by atoms with Crippen LogP contribution in [0.4, 0.5) is 0 Å². The lowest BCUT2D eigenvalue weighted by Crippen LogP contribution is -2.22. The standard InChI is InChI=1S/C16H22BrN/c1-4-6-7-8-16(18-11-5-2)14-9-10-15(17)13(3)12-14/h9-10,12,16,18H,5,7-8,11H2,1-3H3. The quantitative estimate of drug-likeness (QED) is 0.757. The van der Waals surface area contributed by atoms with E-state index in [-0.39, 0.29) is 0 Å². The molecule has 1 rings (SSSR count). The fourth-order valence-corrected chi connectivity index (χ4v) is 2.18. The highest BCUT2D eigenvalue weighted by Gasteiger charge is 2.10. The van der Waals surface area contributed by atoms with Gasteiger partial charge in [0.25, 0.3) is 0 Å². The predicted molar refractivity (Wildman–Crippen MR) is 82.6 cm³/mol. The van der Waals surface area contributed by atoms with Gasteiger partial charge in [0.05, 0.1) is 0 Å². The molecular formula is C16H22BrN. The second-order valence-electron chi connectivity index (χ2n) is 4.48. The summed E-state index contributed by atoms with van der Waals surface area (Å²) in [6.07, 6.45) is 3.18. The molecule has 1 nitrogen and oxygen atoms in total. The normalized spacial score (nSPS) is 11.8. The van der Waals surface area contributed by atoms with Gasteiger partial charge in [-0.25, -0.2) is 0 Å². The molecule has 0 aromatic heterocycles. The van der Waals surface area contributed by atoms with Crippen molar-refractivity contribution in [2.45, 2.75) is 46.1 Å². The third-order valence-corrected chi connectivity index (χ3v) is 3.85. The second kappa shape index (κ2) is 8.34. The summed E-state index contributed by atoms with van der Waals surface area (Å²) < 4.78 is 1.17. The Bertz CT molecular complexity index is 428. The molecule has 1 N–H and O–H groups in total. The number of rotatable bonds is 6. The van der Waals surface area contributed by atoms with Crippen LogP contribution in [0.25, 0.3) is 0 Å². The topological polar surface area (TPSA) is 12.0 Å². The third kappa shape index (κ3) is 4.84. The van der Waals surface area contributed by atoms with Gasteiger partial charge in [-0.15, -0.1) is 11.8 Å². The van der Waals surface area contributed by atoms with E-state index in [0.717, 1.165) is 25.8 Å². The van der Waals surface area contributed by atoms with Crippen molar-refractivity contribution in [3.8, 4) is 11.8 Å². The van der Waals surface area contributed by atoms with E-state index in [1.54, 1.807) is 0 Å². The molecule has 0 aliphatic heterocycles. The largest absolute Gasteiger partial charge is 0.310 e. The van der Waals surface area contributed by atoms with Crippen LogP contribution in [-0.2, 0) is 0 Å². The molecule has 0 heterocycles. The van der Waals surface area contributed by atoms with E-state index in [9.17, 15) is 0 Å². The molecule has 0 aliphatic rings. The van der Waals surface area contributed by atoms with Crippen molar-refractivity contribution in [2.24, 2.45) is 0 Å². The zero-order valence-corrected chi connectivity index (χ0v) is 13.1. The van der Waals surface area contributed by atoms with Crippen LogP contribution in [0, 0.1) is 18.8 Å². The van der Waals surface area contributed by atoms with Crippen molar-refractivity contribution >= 4 is 15.9 Å². The number of aryl methyl sites for hydroxylation is 1. The zero-order chi connectivity index (χ0) is 13.4. The monoisotopic (exact) mass is 307 g/mol. The van der Waals surface area contributed by atoms with Gasteiger partial charge < -0.3 is 5.32 Å². The van der Waals surface area contributed by atoms with Crippen molar-refractivity contribution in [2.75, 3.05) is 6.54 Å². The highest BCUT2D eigenvalue weighted by molar-refractivity contribution is 9.10. The Balaban J connectivity index is 2.78. The van der Waals surface area contributed by atoms with Crippen molar-refractivity contribution in [1.82, 2.24) is 5.32 Å². The van der Waals surface area contributed by atoms with Crippen LogP contribution >= 0.6 is 15.9 Å². The summed E-state index contributed by atoms with van der Waals surface area (Å²) in [5.41, 5.74) is 2.65. The first-order chi connectivity index (χ1) is 8.69. The summed E-state index contributed by atoms with van der Waals surface area (Å²) in [6, 6.07) is 7.01. The SMILES string of the molecule is CC#CCCC(NCCC)c1ccc(Br)c(C)c1. The van der Waals surface area contributed by atoms with Crippen LogP contribution in [0.1, 0.15) is 50.3 Å². The van der Waals surface area contributed by atoms with Gasteiger partial charge in [0.1, 0.15) is 0 Å². The molecule has 0 bridgehead atoms. The number of halogens is 1. The Morgan fingerprint density at radius 3 is 2.78 bits per heavy atom. The summed E-state index contributed by atoms with van der Waals surface area (Å²) in [4.78, 5) is 0.